The zero-order valence-corrected chi connectivity index (χ0v) is 17.3. The lowest BCUT2D eigenvalue weighted by Gasteiger charge is -2.18. The monoisotopic (exact) mass is 401 g/mol. The number of rotatable bonds is 6. The summed E-state index contributed by atoms with van der Waals surface area (Å²) in [6, 6.07) is 5.64. The molecule has 3 heterocycles. The van der Waals surface area contributed by atoms with E-state index in [4.69, 9.17) is 35.9 Å². The minimum Gasteiger partial charge on any atom is -0.497 e. The van der Waals surface area contributed by atoms with Gasteiger partial charge in [0.2, 0.25) is 5.88 Å². The van der Waals surface area contributed by atoms with Crippen molar-refractivity contribution in [2.75, 3.05) is 7.11 Å². The van der Waals surface area contributed by atoms with E-state index >= 15 is 0 Å². The molecule has 0 N–H and O–H groups in total. The molecule has 4 rings (SSSR count). The van der Waals surface area contributed by atoms with Gasteiger partial charge < -0.3 is 14.2 Å². The van der Waals surface area contributed by atoms with Gasteiger partial charge in [0.15, 0.2) is 5.65 Å². The van der Waals surface area contributed by atoms with Gasteiger partial charge in [-0.3, -0.25) is 0 Å². The second-order valence-electron chi connectivity index (χ2n) is 6.93. The first kappa shape index (κ1) is 19.0. The molecule has 2 aromatic heterocycles. The first-order valence-electron chi connectivity index (χ1n) is 9.56. The third-order valence-electron chi connectivity index (χ3n) is 5.20. The largest absolute Gasteiger partial charge is 0.497 e. The molecule has 0 aliphatic carbocycles. The van der Waals surface area contributed by atoms with Gasteiger partial charge in [-0.1, -0.05) is 25.4 Å². The number of halogens is 1. The van der Waals surface area contributed by atoms with Crippen molar-refractivity contribution in [3.63, 3.8) is 0 Å². The van der Waals surface area contributed by atoms with Crippen LogP contribution in [0.2, 0.25) is 5.02 Å². The molecule has 148 valence electrons. The van der Waals surface area contributed by atoms with Crippen LogP contribution >= 0.6 is 11.6 Å². The Hall–Kier alpha value is -2.31. The lowest BCUT2D eigenvalue weighted by Crippen LogP contribution is -2.18. The van der Waals surface area contributed by atoms with E-state index in [0.717, 1.165) is 52.4 Å². The highest BCUT2D eigenvalue weighted by Crippen LogP contribution is 2.38. The number of hydrogen-bond donors (Lipinski definition) is 0. The van der Waals surface area contributed by atoms with Gasteiger partial charge in [-0.25, -0.2) is 4.98 Å². The second kappa shape index (κ2) is 7.60. The van der Waals surface area contributed by atoms with Crippen molar-refractivity contribution in [1.82, 2.24) is 14.6 Å². The molecule has 0 saturated heterocycles. The molecule has 0 atom stereocenters. The quantitative estimate of drug-likeness (QED) is 0.584. The fourth-order valence-electron chi connectivity index (χ4n) is 3.60. The van der Waals surface area contributed by atoms with Crippen molar-refractivity contribution in [3.8, 4) is 22.8 Å². The van der Waals surface area contributed by atoms with Crippen LogP contribution in [0.1, 0.15) is 43.6 Å². The summed E-state index contributed by atoms with van der Waals surface area (Å²) < 4.78 is 19.1. The molecule has 1 aliphatic heterocycles. The van der Waals surface area contributed by atoms with Crippen molar-refractivity contribution >= 4 is 17.2 Å². The van der Waals surface area contributed by atoms with Crippen molar-refractivity contribution < 1.29 is 14.2 Å². The second-order valence-corrected chi connectivity index (χ2v) is 7.34. The topological polar surface area (TPSA) is 57.9 Å². The lowest BCUT2D eigenvalue weighted by atomic mass is 10.1. The average Bonchev–Trinajstić information content (AvgIpc) is 3.29. The molecule has 6 nitrogen and oxygen atoms in total. The Balaban J connectivity index is 1.94. The van der Waals surface area contributed by atoms with Crippen LogP contribution in [-0.4, -0.2) is 27.8 Å². The third kappa shape index (κ3) is 3.10. The molecule has 0 saturated carbocycles. The minimum absolute atomic E-state index is 0.118. The van der Waals surface area contributed by atoms with E-state index in [1.807, 2.05) is 19.1 Å². The number of hydrogen-bond acceptors (Lipinski definition) is 5. The summed E-state index contributed by atoms with van der Waals surface area (Å²) >= 11 is 6.56. The van der Waals surface area contributed by atoms with Crippen molar-refractivity contribution in [1.29, 1.82) is 0 Å². The van der Waals surface area contributed by atoms with Crippen LogP contribution in [0.25, 0.3) is 16.8 Å². The number of ether oxygens (including phenoxy) is 3. The standard InChI is InChI=1S/C21H24ClN3O3/c1-5-13(6-2)28-21-16-10-27-11-18(16)23-20-19(12(3)24-25(20)21)15-8-7-14(26-4)9-17(15)22/h7-9,13H,5-6,10-11H2,1-4H3. The molecular formula is C21H24ClN3O3. The summed E-state index contributed by atoms with van der Waals surface area (Å²) in [5.41, 5.74) is 5.23. The van der Waals surface area contributed by atoms with Gasteiger partial charge in [-0.2, -0.15) is 9.61 Å². The van der Waals surface area contributed by atoms with Crippen LogP contribution in [0.4, 0.5) is 0 Å². The molecule has 0 spiro atoms. The Morgan fingerprint density at radius 1 is 1.25 bits per heavy atom. The predicted octanol–water partition coefficient (Wildman–Crippen LogP) is 4.96. The third-order valence-corrected chi connectivity index (χ3v) is 5.51. The van der Waals surface area contributed by atoms with Gasteiger partial charge in [0, 0.05) is 5.56 Å². The fourth-order valence-corrected chi connectivity index (χ4v) is 3.86. The minimum atomic E-state index is 0.118. The van der Waals surface area contributed by atoms with Gasteiger partial charge in [0.1, 0.15) is 5.75 Å². The van der Waals surface area contributed by atoms with Gasteiger partial charge in [0.05, 0.1) is 54.0 Å². The maximum Gasteiger partial charge on any atom is 0.224 e. The summed E-state index contributed by atoms with van der Waals surface area (Å²) in [6.45, 7) is 7.18. The number of benzene rings is 1. The summed E-state index contributed by atoms with van der Waals surface area (Å²) in [7, 11) is 1.62. The Kier molecular flexibility index (Phi) is 5.17. The smallest absolute Gasteiger partial charge is 0.224 e. The van der Waals surface area contributed by atoms with E-state index < -0.39 is 0 Å². The lowest BCUT2D eigenvalue weighted by molar-refractivity contribution is 0.128. The summed E-state index contributed by atoms with van der Waals surface area (Å²) in [5.74, 6) is 1.44. The molecule has 3 aromatic rings. The van der Waals surface area contributed by atoms with Crippen LogP contribution in [0, 0.1) is 6.92 Å². The first-order chi connectivity index (χ1) is 13.6. The van der Waals surface area contributed by atoms with Crippen molar-refractivity contribution in [3.05, 3.63) is 40.2 Å². The van der Waals surface area contributed by atoms with Crippen LogP contribution in [-0.2, 0) is 18.0 Å². The van der Waals surface area contributed by atoms with Gasteiger partial charge in [-0.15, -0.1) is 0 Å². The summed E-state index contributed by atoms with van der Waals surface area (Å²) in [6.07, 6.45) is 1.97. The molecule has 28 heavy (non-hydrogen) atoms. The maximum absolute atomic E-state index is 6.56. The van der Waals surface area contributed by atoms with Crippen LogP contribution in [0.3, 0.4) is 0 Å². The number of aryl methyl sites for hydroxylation is 1. The zero-order valence-electron chi connectivity index (χ0n) is 16.6. The first-order valence-corrected chi connectivity index (χ1v) is 9.94. The molecule has 1 aliphatic rings. The summed E-state index contributed by atoms with van der Waals surface area (Å²) in [5, 5.41) is 5.35. The highest BCUT2D eigenvalue weighted by Gasteiger charge is 2.27. The van der Waals surface area contributed by atoms with Gasteiger partial charge >= 0.3 is 0 Å². The Labute approximate surface area is 169 Å². The number of aromatic nitrogens is 3. The number of methoxy groups -OCH3 is 1. The van der Waals surface area contributed by atoms with E-state index in [9.17, 15) is 0 Å². The van der Waals surface area contributed by atoms with Gasteiger partial charge in [-0.05, 0) is 38.0 Å². The van der Waals surface area contributed by atoms with Crippen LogP contribution < -0.4 is 9.47 Å². The molecule has 0 amide bonds. The molecule has 0 bridgehead atoms. The predicted molar refractivity (Wildman–Crippen MR) is 108 cm³/mol. The molecule has 0 unspecified atom stereocenters. The van der Waals surface area contributed by atoms with Crippen molar-refractivity contribution in [2.24, 2.45) is 0 Å². The molecule has 0 radical (unpaired) electrons. The van der Waals surface area contributed by atoms with Crippen LogP contribution in [0.5, 0.6) is 11.6 Å². The zero-order chi connectivity index (χ0) is 19.8. The molecule has 0 fully saturated rings. The van der Waals surface area contributed by atoms with Crippen molar-refractivity contribution in [2.45, 2.75) is 52.9 Å². The Bertz CT molecular complexity index is 1030. The normalized spacial score (nSPS) is 13.4. The van der Waals surface area contributed by atoms with E-state index in [1.165, 1.54) is 0 Å². The number of fused-ring (bicyclic) bond motifs is 2. The van der Waals surface area contributed by atoms with E-state index in [2.05, 4.69) is 13.8 Å². The molecule has 1 aromatic carbocycles. The maximum atomic E-state index is 6.56. The van der Waals surface area contributed by atoms with Gasteiger partial charge in [0.25, 0.3) is 0 Å². The average molecular weight is 402 g/mol. The number of nitrogens with zero attached hydrogens (tertiary/aromatic N) is 3. The van der Waals surface area contributed by atoms with E-state index in [1.54, 1.807) is 17.7 Å². The Morgan fingerprint density at radius 2 is 2.04 bits per heavy atom. The highest BCUT2D eigenvalue weighted by molar-refractivity contribution is 6.33. The van der Waals surface area contributed by atoms with Crippen LogP contribution in [0.15, 0.2) is 18.2 Å². The SMILES string of the molecule is CCC(CC)Oc1c2c(nc3c(-c4ccc(OC)cc4Cl)c(C)nn13)COC2. The fraction of sp³-hybridized carbons (Fsp3) is 0.429. The molecular weight excluding hydrogens is 378 g/mol. The Morgan fingerprint density at radius 3 is 2.71 bits per heavy atom. The van der Waals surface area contributed by atoms with E-state index in [-0.39, 0.29) is 6.10 Å². The molecule has 7 heteroatoms. The summed E-state index contributed by atoms with van der Waals surface area (Å²) in [4.78, 5) is 4.86. The van der Waals surface area contributed by atoms with E-state index in [0.29, 0.717) is 24.0 Å². The highest BCUT2D eigenvalue weighted by atomic mass is 35.5.